The van der Waals surface area contributed by atoms with Gasteiger partial charge in [0.25, 0.3) is 5.56 Å². The summed E-state index contributed by atoms with van der Waals surface area (Å²) >= 11 is 1.36. The van der Waals surface area contributed by atoms with Crippen LogP contribution in [0.25, 0.3) is 15.9 Å². The molecule has 6 heteroatoms. The lowest BCUT2D eigenvalue weighted by Gasteiger charge is -2.05. The molecular formula is C17H14N4OS. The second kappa shape index (κ2) is 5.17. The van der Waals surface area contributed by atoms with E-state index in [0.29, 0.717) is 21.0 Å². The molecule has 0 saturated carbocycles. The van der Waals surface area contributed by atoms with Gasteiger partial charge in [0.15, 0.2) is 0 Å². The normalized spacial score (nSPS) is 11.2. The van der Waals surface area contributed by atoms with E-state index in [4.69, 9.17) is 0 Å². The van der Waals surface area contributed by atoms with Gasteiger partial charge in [-0.2, -0.15) is 4.52 Å². The number of rotatable bonds is 2. The van der Waals surface area contributed by atoms with Crippen molar-refractivity contribution >= 4 is 38.0 Å². The molecule has 0 bridgehead atoms. The smallest absolute Gasteiger partial charge is 0.283 e. The van der Waals surface area contributed by atoms with E-state index < -0.39 is 0 Å². The summed E-state index contributed by atoms with van der Waals surface area (Å²) < 4.78 is 1.36. The highest BCUT2D eigenvalue weighted by atomic mass is 32.1. The first-order valence-corrected chi connectivity index (χ1v) is 8.06. The summed E-state index contributed by atoms with van der Waals surface area (Å²) in [7, 11) is 0. The number of para-hydroxylation sites is 1. The fourth-order valence-corrected chi connectivity index (χ4v) is 3.27. The highest BCUT2D eigenvalue weighted by molar-refractivity contribution is 7.20. The Morgan fingerprint density at radius 2 is 1.91 bits per heavy atom. The van der Waals surface area contributed by atoms with E-state index in [1.54, 1.807) is 6.07 Å². The molecule has 2 heterocycles. The molecule has 2 aromatic carbocycles. The van der Waals surface area contributed by atoms with Crippen molar-refractivity contribution in [1.82, 2.24) is 14.6 Å². The number of fused-ring (bicyclic) bond motifs is 2. The maximum absolute atomic E-state index is 12.5. The largest absolute Gasteiger partial charge is 0.330 e. The van der Waals surface area contributed by atoms with Crippen LogP contribution >= 0.6 is 11.3 Å². The third-order valence-corrected chi connectivity index (χ3v) is 4.68. The molecule has 0 spiro atoms. The van der Waals surface area contributed by atoms with Crippen molar-refractivity contribution < 1.29 is 0 Å². The lowest BCUT2D eigenvalue weighted by atomic mass is 10.1. The molecule has 0 atom stereocenters. The lowest BCUT2D eigenvalue weighted by Crippen LogP contribution is -2.15. The monoisotopic (exact) mass is 322 g/mol. The molecule has 1 N–H and O–H groups in total. The Hall–Kier alpha value is -2.73. The molecule has 0 aliphatic heterocycles. The van der Waals surface area contributed by atoms with Gasteiger partial charge >= 0.3 is 0 Å². The highest BCUT2D eigenvalue weighted by Gasteiger charge is 2.10. The van der Waals surface area contributed by atoms with Crippen LogP contribution in [0.2, 0.25) is 0 Å². The van der Waals surface area contributed by atoms with Crippen LogP contribution in [0.1, 0.15) is 11.1 Å². The minimum Gasteiger partial charge on any atom is -0.330 e. The van der Waals surface area contributed by atoms with Gasteiger partial charge in [0, 0.05) is 5.69 Å². The number of anilines is 2. The van der Waals surface area contributed by atoms with E-state index in [1.165, 1.54) is 27.0 Å². The topological polar surface area (TPSA) is 59.3 Å². The van der Waals surface area contributed by atoms with Crippen LogP contribution in [-0.2, 0) is 0 Å². The fraction of sp³-hybridized carbons (Fsp3) is 0.118. The molecule has 2 aromatic heterocycles. The molecule has 0 fully saturated rings. The Labute approximate surface area is 136 Å². The van der Waals surface area contributed by atoms with Gasteiger partial charge in [0.2, 0.25) is 10.1 Å². The molecule has 5 nitrogen and oxygen atoms in total. The Morgan fingerprint density at radius 3 is 2.74 bits per heavy atom. The molecule has 0 aliphatic rings. The standard InChI is InChI=1S/C17H14N4OS/c1-10-7-8-12(9-11(10)2)18-16-20-21-15(22)13-5-3-4-6-14(13)19-17(21)23-16/h3-9H,1-2H3,(H,18,20). The molecule has 4 rings (SSSR count). The molecule has 114 valence electrons. The first kappa shape index (κ1) is 13.9. The number of aromatic nitrogens is 3. The quantitative estimate of drug-likeness (QED) is 0.612. The van der Waals surface area contributed by atoms with Gasteiger partial charge in [-0.3, -0.25) is 4.79 Å². The van der Waals surface area contributed by atoms with Crippen LogP contribution in [0.15, 0.2) is 47.3 Å². The first-order chi connectivity index (χ1) is 11.1. The lowest BCUT2D eigenvalue weighted by molar-refractivity contribution is 0.919. The summed E-state index contributed by atoms with van der Waals surface area (Å²) in [5.74, 6) is 0. The third-order valence-electron chi connectivity index (χ3n) is 3.86. The molecule has 0 aliphatic carbocycles. The van der Waals surface area contributed by atoms with Crippen LogP contribution in [0, 0.1) is 13.8 Å². The zero-order chi connectivity index (χ0) is 16.0. The van der Waals surface area contributed by atoms with Crippen molar-refractivity contribution in [3.8, 4) is 0 Å². The van der Waals surface area contributed by atoms with Gasteiger partial charge in [-0.15, -0.1) is 5.10 Å². The summed E-state index contributed by atoms with van der Waals surface area (Å²) in [6.07, 6.45) is 0. The van der Waals surface area contributed by atoms with E-state index in [0.717, 1.165) is 5.69 Å². The Balaban J connectivity index is 1.82. The summed E-state index contributed by atoms with van der Waals surface area (Å²) in [6, 6.07) is 13.4. The zero-order valence-electron chi connectivity index (χ0n) is 12.7. The molecule has 4 aromatic rings. The second-order valence-electron chi connectivity index (χ2n) is 5.46. The Morgan fingerprint density at radius 1 is 1.09 bits per heavy atom. The Kier molecular flexibility index (Phi) is 3.12. The number of benzene rings is 2. The van der Waals surface area contributed by atoms with Gasteiger partial charge in [-0.1, -0.05) is 29.5 Å². The van der Waals surface area contributed by atoms with Gasteiger partial charge in [0.1, 0.15) is 0 Å². The average molecular weight is 322 g/mol. The van der Waals surface area contributed by atoms with Gasteiger partial charge in [-0.25, -0.2) is 4.98 Å². The molecule has 0 amide bonds. The molecular weight excluding hydrogens is 308 g/mol. The van der Waals surface area contributed by atoms with E-state index >= 15 is 0 Å². The van der Waals surface area contributed by atoms with Crippen LogP contribution in [0.4, 0.5) is 10.8 Å². The van der Waals surface area contributed by atoms with Crippen LogP contribution in [0.5, 0.6) is 0 Å². The predicted octanol–water partition coefficient (Wildman–Crippen LogP) is 3.66. The summed E-state index contributed by atoms with van der Waals surface area (Å²) in [5, 5.41) is 8.83. The van der Waals surface area contributed by atoms with Crippen molar-refractivity contribution in [2.24, 2.45) is 0 Å². The van der Waals surface area contributed by atoms with Crippen molar-refractivity contribution in [2.45, 2.75) is 13.8 Å². The maximum atomic E-state index is 12.5. The van der Waals surface area contributed by atoms with Gasteiger partial charge in [0.05, 0.1) is 10.9 Å². The summed E-state index contributed by atoms with van der Waals surface area (Å²) in [5.41, 5.74) is 3.94. The first-order valence-electron chi connectivity index (χ1n) is 7.25. The molecule has 23 heavy (non-hydrogen) atoms. The minimum atomic E-state index is -0.144. The molecule has 0 saturated heterocycles. The number of nitrogens with one attached hydrogen (secondary N) is 1. The van der Waals surface area contributed by atoms with E-state index in [-0.39, 0.29) is 5.56 Å². The fourth-order valence-electron chi connectivity index (χ4n) is 2.45. The number of aryl methyl sites for hydroxylation is 2. The van der Waals surface area contributed by atoms with E-state index in [2.05, 4.69) is 41.4 Å². The minimum absolute atomic E-state index is 0.144. The SMILES string of the molecule is Cc1ccc(Nc2nn3c(=O)c4ccccc4nc3s2)cc1C. The van der Waals surface area contributed by atoms with Crippen molar-refractivity contribution in [3.05, 3.63) is 63.9 Å². The highest BCUT2D eigenvalue weighted by Crippen LogP contribution is 2.24. The summed E-state index contributed by atoms with van der Waals surface area (Å²) in [4.78, 5) is 17.6. The van der Waals surface area contributed by atoms with Crippen molar-refractivity contribution in [2.75, 3.05) is 5.32 Å². The van der Waals surface area contributed by atoms with Gasteiger partial charge < -0.3 is 5.32 Å². The molecule has 0 radical (unpaired) electrons. The van der Waals surface area contributed by atoms with Crippen LogP contribution < -0.4 is 10.9 Å². The van der Waals surface area contributed by atoms with Crippen LogP contribution in [-0.4, -0.2) is 14.6 Å². The Bertz CT molecular complexity index is 1100. The molecule has 0 unspecified atom stereocenters. The average Bonchev–Trinajstić information content (AvgIpc) is 2.94. The number of hydrogen-bond acceptors (Lipinski definition) is 5. The number of hydrogen-bond donors (Lipinski definition) is 1. The van der Waals surface area contributed by atoms with E-state index in [9.17, 15) is 4.79 Å². The van der Waals surface area contributed by atoms with E-state index in [1.807, 2.05) is 24.3 Å². The summed E-state index contributed by atoms with van der Waals surface area (Å²) in [6.45, 7) is 4.14. The van der Waals surface area contributed by atoms with Crippen LogP contribution in [0.3, 0.4) is 0 Å². The second-order valence-corrected chi connectivity index (χ2v) is 6.42. The third kappa shape index (κ3) is 2.37. The maximum Gasteiger partial charge on any atom is 0.283 e. The van der Waals surface area contributed by atoms with Gasteiger partial charge in [-0.05, 0) is 49.2 Å². The number of nitrogens with zero attached hydrogens (tertiary/aromatic N) is 3. The zero-order valence-corrected chi connectivity index (χ0v) is 13.5. The van der Waals surface area contributed by atoms with Crippen molar-refractivity contribution in [1.29, 1.82) is 0 Å². The van der Waals surface area contributed by atoms with Crippen molar-refractivity contribution in [3.63, 3.8) is 0 Å². The predicted molar refractivity (Wildman–Crippen MR) is 93.8 cm³/mol.